The van der Waals surface area contributed by atoms with E-state index >= 15 is 0 Å². The van der Waals surface area contributed by atoms with E-state index in [1.165, 1.54) is 0 Å². The minimum Gasteiger partial charge on any atom is -0.491 e. The standard InChI is InChI=1S/C13H18N2O2S/c1-13(2,16-3)6-7-17-9-4-5-10-12(11(9)14)15-8-18-10/h4-5,8H,6-7,14H2,1-3H3. The Kier molecular flexibility index (Phi) is 3.73. The van der Waals surface area contributed by atoms with Gasteiger partial charge >= 0.3 is 0 Å². The highest BCUT2D eigenvalue weighted by molar-refractivity contribution is 7.16. The van der Waals surface area contributed by atoms with Gasteiger partial charge in [0.15, 0.2) is 0 Å². The summed E-state index contributed by atoms with van der Waals surface area (Å²) >= 11 is 1.58. The van der Waals surface area contributed by atoms with Crippen molar-refractivity contribution in [3.05, 3.63) is 17.6 Å². The summed E-state index contributed by atoms with van der Waals surface area (Å²) in [5.74, 6) is 0.695. The Hall–Kier alpha value is -1.33. The Morgan fingerprint density at radius 1 is 1.39 bits per heavy atom. The molecule has 0 fully saturated rings. The Morgan fingerprint density at radius 2 is 2.17 bits per heavy atom. The molecule has 0 atom stereocenters. The van der Waals surface area contributed by atoms with Crippen molar-refractivity contribution in [3.8, 4) is 5.75 Å². The normalized spacial score (nSPS) is 11.9. The second-order valence-corrected chi connectivity index (χ2v) is 5.63. The third kappa shape index (κ3) is 2.73. The smallest absolute Gasteiger partial charge is 0.144 e. The topological polar surface area (TPSA) is 57.4 Å². The van der Waals surface area contributed by atoms with Gasteiger partial charge in [-0.2, -0.15) is 0 Å². The molecule has 0 radical (unpaired) electrons. The zero-order valence-electron chi connectivity index (χ0n) is 10.9. The van der Waals surface area contributed by atoms with Gasteiger partial charge in [-0.05, 0) is 26.0 Å². The predicted octanol–water partition coefficient (Wildman–Crippen LogP) is 3.07. The van der Waals surface area contributed by atoms with Gasteiger partial charge in [0.1, 0.15) is 17.0 Å². The van der Waals surface area contributed by atoms with Gasteiger partial charge in [0.2, 0.25) is 0 Å². The average molecular weight is 266 g/mol. The second kappa shape index (κ2) is 5.12. The summed E-state index contributed by atoms with van der Waals surface area (Å²) in [5, 5.41) is 0. The molecular formula is C13H18N2O2S. The van der Waals surface area contributed by atoms with Crippen LogP contribution in [0, 0.1) is 0 Å². The molecule has 98 valence electrons. The number of fused-ring (bicyclic) bond motifs is 1. The van der Waals surface area contributed by atoms with E-state index in [4.69, 9.17) is 15.2 Å². The molecule has 0 aliphatic carbocycles. The highest BCUT2D eigenvalue weighted by Gasteiger charge is 2.16. The van der Waals surface area contributed by atoms with Gasteiger partial charge in [0.05, 0.1) is 22.4 Å². The number of nitrogen functional groups attached to an aromatic ring is 1. The molecule has 2 aromatic rings. The summed E-state index contributed by atoms with van der Waals surface area (Å²) in [5.41, 5.74) is 9.08. The van der Waals surface area contributed by atoms with Crippen molar-refractivity contribution in [1.29, 1.82) is 0 Å². The number of aromatic nitrogens is 1. The lowest BCUT2D eigenvalue weighted by atomic mass is 10.1. The number of thiazole rings is 1. The number of hydrogen-bond donors (Lipinski definition) is 1. The van der Waals surface area contributed by atoms with Crippen LogP contribution in [-0.2, 0) is 4.74 Å². The largest absolute Gasteiger partial charge is 0.491 e. The summed E-state index contributed by atoms with van der Waals surface area (Å²) < 4.78 is 12.1. The highest BCUT2D eigenvalue weighted by atomic mass is 32.1. The van der Waals surface area contributed by atoms with Crippen molar-refractivity contribution in [2.24, 2.45) is 0 Å². The first kappa shape index (κ1) is 13.1. The van der Waals surface area contributed by atoms with Crippen LogP contribution < -0.4 is 10.5 Å². The van der Waals surface area contributed by atoms with E-state index in [-0.39, 0.29) is 5.60 Å². The molecule has 1 aromatic carbocycles. The van der Waals surface area contributed by atoms with Gasteiger partial charge in [0, 0.05) is 13.5 Å². The zero-order chi connectivity index (χ0) is 13.2. The van der Waals surface area contributed by atoms with Crippen molar-refractivity contribution in [2.75, 3.05) is 19.5 Å². The van der Waals surface area contributed by atoms with Gasteiger partial charge in [-0.3, -0.25) is 0 Å². The average Bonchev–Trinajstić information content (AvgIpc) is 2.81. The molecule has 0 amide bonds. The fourth-order valence-corrected chi connectivity index (χ4v) is 2.26. The number of nitrogens with zero attached hydrogens (tertiary/aromatic N) is 1. The number of rotatable bonds is 5. The molecule has 0 aliphatic rings. The highest BCUT2D eigenvalue weighted by Crippen LogP contribution is 2.31. The van der Waals surface area contributed by atoms with Crippen LogP contribution >= 0.6 is 11.3 Å². The molecule has 4 nitrogen and oxygen atoms in total. The molecule has 0 saturated heterocycles. The maximum atomic E-state index is 6.03. The summed E-state index contributed by atoms with van der Waals surface area (Å²) in [6.07, 6.45) is 0.804. The number of ether oxygens (including phenoxy) is 2. The lowest BCUT2D eigenvalue weighted by Crippen LogP contribution is -2.25. The van der Waals surface area contributed by atoms with Crippen LogP contribution in [-0.4, -0.2) is 24.3 Å². The van der Waals surface area contributed by atoms with Gasteiger partial charge < -0.3 is 15.2 Å². The van der Waals surface area contributed by atoms with E-state index in [9.17, 15) is 0 Å². The molecule has 5 heteroatoms. The molecular weight excluding hydrogens is 248 g/mol. The first-order chi connectivity index (χ1) is 8.53. The monoisotopic (exact) mass is 266 g/mol. The lowest BCUT2D eigenvalue weighted by molar-refractivity contribution is 0.00552. The van der Waals surface area contributed by atoms with Crippen LogP contribution in [0.2, 0.25) is 0 Å². The third-order valence-electron chi connectivity index (χ3n) is 3.02. The first-order valence-electron chi connectivity index (χ1n) is 5.83. The zero-order valence-corrected chi connectivity index (χ0v) is 11.7. The number of methoxy groups -OCH3 is 1. The van der Waals surface area contributed by atoms with Gasteiger partial charge in [-0.1, -0.05) is 0 Å². The fraction of sp³-hybridized carbons (Fsp3) is 0.462. The minimum atomic E-state index is -0.181. The lowest BCUT2D eigenvalue weighted by Gasteiger charge is -2.22. The quantitative estimate of drug-likeness (QED) is 0.845. The van der Waals surface area contributed by atoms with Gasteiger partial charge in [-0.25, -0.2) is 4.98 Å². The van der Waals surface area contributed by atoms with Gasteiger partial charge in [0.25, 0.3) is 0 Å². The summed E-state index contributed by atoms with van der Waals surface area (Å²) in [6.45, 7) is 4.63. The van der Waals surface area contributed by atoms with Crippen LogP contribution in [0.25, 0.3) is 10.2 Å². The van der Waals surface area contributed by atoms with E-state index in [0.717, 1.165) is 16.6 Å². The number of benzene rings is 1. The Bertz CT molecular complexity index is 537. The number of hydrogen-bond acceptors (Lipinski definition) is 5. The molecule has 0 spiro atoms. The molecule has 1 heterocycles. The number of anilines is 1. The molecule has 2 N–H and O–H groups in total. The van der Waals surface area contributed by atoms with E-state index in [0.29, 0.717) is 18.0 Å². The van der Waals surface area contributed by atoms with Crippen LogP contribution in [0.15, 0.2) is 17.6 Å². The summed E-state index contributed by atoms with van der Waals surface area (Å²) in [4.78, 5) is 4.24. The SMILES string of the molecule is COC(C)(C)CCOc1ccc2scnc2c1N. The molecule has 0 saturated carbocycles. The molecule has 2 rings (SSSR count). The van der Waals surface area contributed by atoms with E-state index in [1.807, 2.05) is 26.0 Å². The van der Waals surface area contributed by atoms with Crippen molar-refractivity contribution in [1.82, 2.24) is 4.98 Å². The summed E-state index contributed by atoms with van der Waals surface area (Å²) in [7, 11) is 1.70. The van der Waals surface area contributed by atoms with E-state index in [1.54, 1.807) is 24.0 Å². The number of nitrogens with two attached hydrogens (primary N) is 1. The van der Waals surface area contributed by atoms with Crippen molar-refractivity contribution >= 4 is 27.2 Å². The van der Waals surface area contributed by atoms with E-state index in [2.05, 4.69) is 4.98 Å². The molecule has 0 bridgehead atoms. The van der Waals surface area contributed by atoms with Crippen LogP contribution in [0.5, 0.6) is 5.75 Å². The van der Waals surface area contributed by atoms with Gasteiger partial charge in [-0.15, -0.1) is 11.3 Å². The molecule has 0 aliphatic heterocycles. The molecule has 18 heavy (non-hydrogen) atoms. The van der Waals surface area contributed by atoms with Crippen molar-refractivity contribution in [2.45, 2.75) is 25.9 Å². The van der Waals surface area contributed by atoms with Crippen LogP contribution in [0.4, 0.5) is 5.69 Å². The first-order valence-corrected chi connectivity index (χ1v) is 6.71. The summed E-state index contributed by atoms with van der Waals surface area (Å²) in [6, 6.07) is 3.88. The maximum absolute atomic E-state index is 6.03. The van der Waals surface area contributed by atoms with Crippen molar-refractivity contribution in [3.63, 3.8) is 0 Å². The maximum Gasteiger partial charge on any atom is 0.144 e. The Labute approximate surface area is 111 Å². The fourth-order valence-electron chi connectivity index (χ4n) is 1.57. The molecule has 1 aromatic heterocycles. The predicted molar refractivity (Wildman–Crippen MR) is 75.2 cm³/mol. The Morgan fingerprint density at radius 3 is 2.89 bits per heavy atom. The minimum absolute atomic E-state index is 0.181. The third-order valence-corrected chi connectivity index (χ3v) is 3.81. The second-order valence-electron chi connectivity index (χ2n) is 4.74. The van der Waals surface area contributed by atoms with Crippen molar-refractivity contribution < 1.29 is 9.47 Å². The Balaban J connectivity index is 2.06. The van der Waals surface area contributed by atoms with Crippen LogP contribution in [0.3, 0.4) is 0 Å². The molecule has 0 unspecified atom stereocenters. The van der Waals surface area contributed by atoms with Crippen LogP contribution in [0.1, 0.15) is 20.3 Å². The van der Waals surface area contributed by atoms with E-state index < -0.39 is 0 Å².